The molecule has 0 amide bonds. The highest BCUT2D eigenvalue weighted by molar-refractivity contribution is 7.09. The van der Waals surface area contributed by atoms with Crippen molar-refractivity contribution in [2.24, 2.45) is 5.92 Å². The van der Waals surface area contributed by atoms with Gasteiger partial charge in [-0.2, -0.15) is 4.37 Å². The number of hydrogen-bond acceptors (Lipinski definition) is 6. The molecule has 2 aromatic rings. The minimum atomic E-state index is 0.595. The maximum Gasteiger partial charge on any atom is 0.212 e. The molecule has 0 atom stereocenters. The molecule has 0 aromatic carbocycles. The lowest BCUT2D eigenvalue weighted by atomic mass is 10.2. The van der Waals surface area contributed by atoms with Crippen LogP contribution in [-0.4, -0.2) is 28.0 Å². The first-order valence-corrected chi connectivity index (χ1v) is 7.00. The highest BCUT2D eigenvalue weighted by atomic mass is 32.1. The molecule has 5 nitrogen and oxygen atoms in total. The van der Waals surface area contributed by atoms with Gasteiger partial charge in [0.2, 0.25) is 11.0 Å². The maximum absolute atomic E-state index is 5.03. The Bertz CT molecular complexity index is 510. The van der Waals surface area contributed by atoms with Gasteiger partial charge in [0, 0.05) is 36.8 Å². The molecule has 2 aromatic heterocycles. The Morgan fingerprint density at radius 1 is 1.37 bits per heavy atom. The molecule has 102 valence electrons. The van der Waals surface area contributed by atoms with Crippen LogP contribution < -0.4 is 10.1 Å². The van der Waals surface area contributed by atoms with E-state index in [0.29, 0.717) is 18.2 Å². The quantitative estimate of drug-likeness (QED) is 0.880. The SMILES string of the molecule is COc1ccc(Cc2nsc(NCC(C)C)n2)cn1. The Morgan fingerprint density at radius 3 is 2.84 bits per heavy atom. The van der Waals surface area contributed by atoms with Gasteiger partial charge < -0.3 is 10.1 Å². The van der Waals surface area contributed by atoms with E-state index in [1.54, 1.807) is 13.3 Å². The highest BCUT2D eigenvalue weighted by Gasteiger charge is 2.06. The van der Waals surface area contributed by atoms with Crippen molar-refractivity contribution in [2.75, 3.05) is 19.0 Å². The summed E-state index contributed by atoms with van der Waals surface area (Å²) in [6.45, 7) is 5.24. The third-order valence-electron chi connectivity index (χ3n) is 2.50. The topological polar surface area (TPSA) is 59.9 Å². The lowest BCUT2D eigenvalue weighted by molar-refractivity contribution is 0.397. The molecule has 0 saturated carbocycles. The Morgan fingerprint density at radius 2 is 2.21 bits per heavy atom. The number of anilines is 1. The molecule has 0 aliphatic carbocycles. The van der Waals surface area contributed by atoms with Crippen LogP contribution in [0.3, 0.4) is 0 Å². The molecule has 0 fully saturated rings. The number of pyridine rings is 1. The van der Waals surface area contributed by atoms with Crippen molar-refractivity contribution < 1.29 is 4.74 Å². The number of nitrogens with zero attached hydrogens (tertiary/aromatic N) is 3. The summed E-state index contributed by atoms with van der Waals surface area (Å²) >= 11 is 1.40. The third-order valence-corrected chi connectivity index (χ3v) is 3.21. The average molecular weight is 278 g/mol. The van der Waals surface area contributed by atoms with Crippen LogP contribution in [0.2, 0.25) is 0 Å². The van der Waals surface area contributed by atoms with Crippen LogP contribution >= 0.6 is 11.5 Å². The molecular formula is C13H18N4OS. The Balaban J connectivity index is 1.95. The molecule has 0 saturated heterocycles. The maximum atomic E-state index is 5.03. The van der Waals surface area contributed by atoms with Crippen LogP contribution in [0.25, 0.3) is 0 Å². The van der Waals surface area contributed by atoms with Crippen molar-refractivity contribution in [1.82, 2.24) is 14.3 Å². The largest absolute Gasteiger partial charge is 0.481 e. The highest BCUT2D eigenvalue weighted by Crippen LogP contribution is 2.15. The first-order valence-electron chi connectivity index (χ1n) is 6.22. The van der Waals surface area contributed by atoms with Gasteiger partial charge >= 0.3 is 0 Å². The number of methoxy groups -OCH3 is 1. The number of aromatic nitrogens is 3. The fraction of sp³-hybridized carbons (Fsp3) is 0.462. The lowest BCUT2D eigenvalue weighted by Gasteiger charge is -2.03. The van der Waals surface area contributed by atoms with E-state index in [1.165, 1.54) is 11.5 Å². The summed E-state index contributed by atoms with van der Waals surface area (Å²) in [4.78, 5) is 8.63. The van der Waals surface area contributed by atoms with Crippen LogP contribution in [0.4, 0.5) is 5.13 Å². The van der Waals surface area contributed by atoms with Crippen molar-refractivity contribution in [1.29, 1.82) is 0 Å². The second kappa shape index (κ2) is 6.47. The summed E-state index contributed by atoms with van der Waals surface area (Å²) in [7, 11) is 1.61. The molecule has 0 aliphatic rings. The van der Waals surface area contributed by atoms with E-state index in [9.17, 15) is 0 Å². The van der Waals surface area contributed by atoms with Gasteiger partial charge in [0.1, 0.15) is 5.82 Å². The molecule has 2 heterocycles. The van der Waals surface area contributed by atoms with Gasteiger partial charge in [0.25, 0.3) is 0 Å². The molecule has 19 heavy (non-hydrogen) atoms. The van der Waals surface area contributed by atoms with Crippen LogP contribution in [0, 0.1) is 5.92 Å². The number of nitrogens with one attached hydrogen (secondary N) is 1. The number of hydrogen-bond donors (Lipinski definition) is 1. The van der Waals surface area contributed by atoms with E-state index < -0.39 is 0 Å². The monoisotopic (exact) mass is 278 g/mol. The van der Waals surface area contributed by atoms with Crippen LogP contribution in [-0.2, 0) is 6.42 Å². The van der Waals surface area contributed by atoms with E-state index in [0.717, 1.165) is 23.1 Å². The molecule has 1 N–H and O–H groups in total. The van der Waals surface area contributed by atoms with Gasteiger partial charge in [0.05, 0.1) is 7.11 Å². The van der Waals surface area contributed by atoms with E-state index >= 15 is 0 Å². The minimum Gasteiger partial charge on any atom is -0.481 e. The van der Waals surface area contributed by atoms with Gasteiger partial charge in [0.15, 0.2) is 0 Å². The molecule has 0 aliphatic heterocycles. The standard InChI is InChI=1S/C13H18N4OS/c1-9(2)7-15-13-16-11(17-19-13)6-10-4-5-12(18-3)14-8-10/h4-5,8-9H,6-7H2,1-3H3,(H,15,16,17). The van der Waals surface area contributed by atoms with Gasteiger partial charge in [-0.15, -0.1) is 0 Å². The van der Waals surface area contributed by atoms with Gasteiger partial charge in [-0.3, -0.25) is 0 Å². The van der Waals surface area contributed by atoms with Crippen molar-refractivity contribution in [3.8, 4) is 5.88 Å². The van der Waals surface area contributed by atoms with Gasteiger partial charge in [-0.05, 0) is 11.5 Å². The second-order valence-electron chi connectivity index (χ2n) is 4.68. The van der Waals surface area contributed by atoms with Crippen molar-refractivity contribution in [2.45, 2.75) is 20.3 Å². The van der Waals surface area contributed by atoms with Crippen molar-refractivity contribution in [3.63, 3.8) is 0 Å². The summed E-state index contributed by atoms with van der Waals surface area (Å²) in [6, 6.07) is 3.83. The lowest BCUT2D eigenvalue weighted by Crippen LogP contribution is -2.07. The molecule has 0 unspecified atom stereocenters. The molecule has 0 radical (unpaired) electrons. The van der Waals surface area contributed by atoms with E-state index in [4.69, 9.17) is 4.74 Å². The summed E-state index contributed by atoms with van der Waals surface area (Å²) in [6.07, 6.45) is 2.48. The zero-order valence-electron chi connectivity index (χ0n) is 11.4. The molecule has 2 rings (SSSR count). The fourth-order valence-electron chi connectivity index (χ4n) is 1.51. The van der Waals surface area contributed by atoms with Crippen molar-refractivity contribution in [3.05, 3.63) is 29.7 Å². The summed E-state index contributed by atoms with van der Waals surface area (Å²) in [5.41, 5.74) is 1.08. The molecule has 6 heteroatoms. The van der Waals surface area contributed by atoms with Gasteiger partial charge in [-0.25, -0.2) is 9.97 Å². The summed E-state index contributed by atoms with van der Waals surface area (Å²) in [5.74, 6) is 2.04. The first kappa shape index (κ1) is 13.7. The first-order chi connectivity index (χ1) is 9.17. The van der Waals surface area contributed by atoms with E-state index in [2.05, 4.69) is 33.5 Å². The number of rotatable bonds is 6. The predicted octanol–water partition coefficient (Wildman–Crippen LogP) is 2.60. The molecular weight excluding hydrogens is 260 g/mol. The smallest absolute Gasteiger partial charge is 0.212 e. The fourth-order valence-corrected chi connectivity index (χ4v) is 2.10. The van der Waals surface area contributed by atoms with Crippen molar-refractivity contribution >= 4 is 16.7 Å². The van der Waals surface area contributed by atoms with E-state index in [1.807, 2.05) is 12.1 Å². The zero-order chi connectivity index (χ0) is 13.7. The second-order valence-corrected chi connectivity index (χ2v) is 5.43. The van der Waals surface area contributed by atoms with Crippen LogP contribution in [0.1, 0.15) is 25.2 Å². The summed E-state index contributed by atoms with van der Waals surface area (Å²) in [5, 5.41) is 4.16. The minimum absolute atomic E-state index is 0.595. The average Bonchev–Trinajstić information content (AvgIpc) is 2.85. The zero-order valence-corrected chi connectivity index (χ0v) is 12.2. The normalized spacial score (nSPS) is 10.7. The third kappa shape index (κ3) is 4.17. The Kier molecular flexibility index (Phi) is 4.68. The van der Waals surface area contributed by atoms with Gasteiger partial charge in [-0.1, -0.05) is 19.9 Å². The Labute approximate surface area is 117 Å². The number of ether oxygens (including phenoxy) is 1. The summed E-state index contributed by atoms with van der Waals surface area (Å²) < 4.78 is 9.37. The Hall–Kier alpha value is -1.69. The van der Waals surface area contributed by atoms with Crippen LogP contribution in [0.15, 0.2) is 18.3 Å². The molecule has 0 bridgehead atoms. The van der Waals surface area contributed by atoms with Crippen LogP contribution in [0.5, 0.6) is 5.88 Å². The van der Waals surface area contributed by atoms with E-state index in [-0.39, 0.29) is 0 Å². The molecule has 0 spiro atoms. The predicted molar refractivity (Wildman–Crippen MR) is 76.8 cm³/mol.